The van der Waals surface area contributed by atoms with Crippen LogP contribution in [0.5, 0.6) is 0 Å². The molecule has 4 rings (SSSR count). The van der Waals surface area contributed by atoms with Crippen LogP contribution in [0.15, 0.2) is 30.6 Å². The quantitative estimate of drug-likeness (QED) is 0.868. The predicted molar refractivity (Wildman–Crippen MR) is 91.0 cm³/mol. The van der Waals surface area contributed by atoms with Crippen molar-refractivity contribution in [1.82, 2.24) is 14.5 Å². The van der Waals surface area contributed by atoms with Crippen LogP contribution in [0, 0.1) is 5.92 Å². The average Bonchev–Trinajstić information content (AvgIpc) is 3.02. The normalized spacial score (nSPS) is 24.6. The lowest BCUT2D eigenvalue weighted by molar-refractivity contribution is -0.137. The monoisotopic (exact) mass is 311 g/mol. The summed E-state index contributed by atoms with van der Waals surface area (Å²) >= 11 is 0. The molecule has 0 bridgehead atoms. The number of likely N-dealkylation sites (tertiary alicyclic amines) is 1. The summed E-state index contributed by atoms with van der Waals surface area (Å²) in [5.74, 6) is 1.09. The molecule has 0 radical (unpaired) electrons. The molecule has 2 atom stereocenters. The van der Waals surface area contributed by atoms with E-state index in [0.717, 1.165) is 30.0 Å². The second-order valence-corrected chi connectivity index (χ2v) is 7.02. The Morgan fingerprint density at radius 1 is 1.13 bits per heavy atom. The van der Waals surface area contributed by atoms with Crippen molar-refractivity contribution in [2.45, 2.75) is 57.5 Å². The summed E-state index contributed by atoms with van der Waals surface area (Å²) < 4.78 is 2.11. The first-order chi connectivity index (χ1) is 11.3. The van der Waals surface area contributed by atoms with Gasteiger partial charge < -0.3 is 9.47 Å². The lowest BCUT2D eigenvalue weighted by Gasteiger charge is -2.44. The number of nitrogens with zero attached hydrogens (tertiary/aromatic N) is 3. The van der Waals surface area contributed by atoms with Gasteiger partial charge in [0.05, 0.1) is 17.4 Å². The minimum absolute atomic E-state index is 0.333. The molecule has 2 aliphatic rings. The first-order valence-corrected chi connectivity index (χ1v) is 9.02. The molecule has 2 unspecified atom stereocenters. The molecule has 2 heterocycles. The number of fused-ring (bicyclic) bond motifs is 2. The van der Waals surface area contributed by atoms with Crippen molar-refractivity contribution in [2.24, 2.45) is 5.92 Å². The molecule has 2 aromatic rings. The Morgan fingerprint density at radius 2 is 1.96 bits per heavy atom. The molecule has 2 fully saturated rings. The molecule has 4 heteroatoms. The Kier molecular flexibility index (Phi) is 4.06. The minimum atomic E-state index is 0.333. The van der Waals surface area contributed by atoms with Gasteiger partial charge in [-0.1, -0.05) is 25.0 Å². The molecule has 1 aromatic carbocycles. The highest BCUT2D eigenvalue weighted by molar-refractivity contribution is 5.78. The molecular weight excluding hydrogens is 286 g/mol. The Balaban J connectivity index is 1.43. The van der Waals surface area contributed by atoms with Gasteiger partial charge in [-0.05, 0) is 43.7 Å². The molecule has 1 amide bonds. The van der Waals surface area contributed by atoms with Gasteiger partial charge in [-0.15, -0.1) is 0 Å². The predicted octanol–water partition coefficient (Wildman–Crippen LogP) is 3.61. The Bertz CT molecular complexity index is 691. The van der Waals surface area contributed by atoms with E-state index in [1.54, 1.807) is 0 Å². The molecule has 23 heavy (non-hydrogen) atoms. The van der Waals surface area contributed by atoms with Crippen LogP contribution in [0.25, 0.3) is 11.0 Å². The van der Waals surface area contributed by atoms with Gasteiger partial charge in [0.25, 0.3) is 0 Å². The van der Waals surface area contributed by atoms with E-state index in [1.807, 2.05) is 24.5 Å². The van der Waals surface area contributed by atoms with Crippen molar-refractivity contribution in [3.05, 3.63) is 30.6 Å². The number of imidazole rings is 1. The van der Waals surface area contributed by atoms with Crippen molar-refractivity contribution >= 4 is 16.9 Å². The molecule has 4 nitrogen and oxygen atoms in total. The summed E-state index contributed by atoms with van der Waals surface area (Å²) in [6.45, 7) is 1.69. The van der Waals surface area contributed by atoms with E-state index >= 15 is 0 Å². The summed E-state index contributed by atoms with van der Waals surface area (Å²) in [5.41, 5.74) is 2.12. The van der Waals surface area contributed by atoms with E-state index in [4.69, 9.17) is 0 Å². The summed E-state index contributed by atoms with van der Waals surface area (Å²) in [5, 5.41) is 0. The van der Waals surface area contributed by atoms with Gasteiger partial charge >= 0.3 is 0 Å². The van der Waals surface area contributed by atoms with E-state index in [-0.39, 0.29) is 0 Å². The van der Waals surface area contributed by atoms with Crippen molar-refractivity contribution in [1.29, 1.82) is 0 Å². The molecule has 1 aromatic heterocycles. The number of carbonyl (C=O) groups excluding carboxylic acids is 1. The van der Waals surface area contributed by atoms with E-state index in [1.165, 1.54) is 38.5 Å². The second-order valence-electron chi connectivity index (χ2n) is 7.02. The first kappa shape index (κ1) is 14.7. The highest BCUT2D eigenvalue weighted by Crippen LogP contribution is 2.35. The molecule has 1 saturated carbocycles. The van der Waals surface area contributed by atoms with Crippen molar-refractivity contribution in [3.8, 4) is 0 Å². The number of rotatable bonds is 3. The van der Waals surface area contributed by atoms with Crippen LogP contribution < -0.4 is 0 Å². The maximum absolute atomic E-state index is 12.8. The Labute approximate surface area is 137 Å². The van der Waals surface area contributed by atoms with Crippen LogP contribution in [0.1, 0.15) is 44.9 Å². The number of aryl methyl sites for hydroxylation is 1. The smallest absolute Gasteiger partial charge is 0.224 e. The minimum Gasteiger partial charge on any atom is -0.339 e. The van der Waals surface area contributed by atoms with Gasteiger partial charge in [0.1, 0.15) is 0 Å². The summed E-state index contributed by atoms with van der Waals surface area (Å²) in [4.78, 5) is 19.4. The fraction of sp³-hybridized carbons (Fsp3) is 0.579. The number of para-hydroxylation sites is 2. The van der Waals surface area contributed by atoms with E-state index < -0.39 is 0 Å². The third-order valence-electron chi connectivity index (χ3n) is 5.66. The largest absolute Gasteiger partial charge is 0.339 e. The van der Waals surface area contributed by atoms with E-state index in [0.29, 0.717) is 18.4 Å². The van der Waals surface area contributed by atoms with Crippen molar-refractivity contribution < 1.29 is 4.79 Å². The molecular formula is C19H25N3O. The van der Waals surface area contributed by atoms with Crippen LogP contribution in [0.2, 0.25) is 0 Å². The fourth-order valence-electron chi connectivity index (χ4n) is 4.48. The zero-order valence-electron chi connectivity index (χ0n) is 13.7. The van der Waals surface area contributed by atoms with Crippen LogP contribution in [-0.2, 0) is 11.3 Å². The number of hydrogen-bond donors (Lipinski definition) is 0. The zero-order chi connectivity index (χ0) is 15.6. The topological polar surface area (TPSA) is 38.1 Å². The summed E-state index contributed by atoms with van der Waals surface area (Å²) in [7, 11) is 0. The Morgan fingerprint density at radius 3 is 2.91 bits per heavy atom. The number of carbonyl (C=O) groups is 1. The van der Waals surface area contributed by atoms with Gasteiger partial charge in [-0.25, -0.2) is 4.98 Å². The molecule has 1 saturated heterocycles. The van der Waals surface area contributed by atoms with E-state index in [2.05, 4.69) is 20.5 Å². The van der Waals surface area contributed by atoms with Crippen molar-refractivity contribution in [2.75, 3.05) is 6.54 Å². The van der Waals surface area contributed by atoms with Crippen LogP contribution in [0.3, 0.4) is 0 Å². The highest BCUT2D eigenvalue weighted by Gasteiger charge is 2.35. The zero-order valence-corrected chi connectivity index (χ0v) is 13.7. The van der Waals surface area contributed by atoms with Crippen LogP contribution >= 0.6 is 0 Å². The second kappa shape index (κ2) is 6.34. The maximum atomic E-state index is 12.8. The number of benzene rings is 1. The first-order valence-electron chi connectivity index (χ1n) is 9.02. The van der Waals surface area contributed by atoms with Crippen molar-refractivity contribution in [3.63, 3.8) is 0 Å². The maximum Gasteiger partial charge on any atom is 0.224 e. The molecule has 1 aliphatic carbocycles. The lowest BCUT2D eigenvalue weighted by atomic mass is 9.78. The van der Waals surface area contributed by atoms with Gasteiger partial charge in [0, 0.05) is 25.6 Å². The third-order valence-corrected chi connectivity index (χ3v) is 5.66. The number of aromatic nitrogens is 2. The summed E-state index contributed by atoms with van der Waals surface area (Å²) in [6, 6.07) is 8.64. The van der Waals surface area contributed by atoms with Gasteiger partial charge in [-0.2, -0.15) is 0 Å². The van der Waals surface area contributed by atoms with Gasteiger partial charge in [-0.3, -0.25) is 4.79 Å². The molecule has 0 spiro atoms. The van der Waals surface area contributed by atoms with E-state index in [9.17, 15) is 4.79 Å². The number of hydrogen-bond acceptors (Lipinski definition) is 2. The lowest BCUT2D eigenvalue weighted by Crippen LogP contribution is -2.49. The SMILES string of the molecule is O=C(CCn1cnc2ccccc21)N1CCCC2CCCCC21. The van der Waals surface area contributed by atoms with Crippen LogP contribution in [-0.4, -0.2) is 32.9 Å². The highest BCUT2D eigenvalue weighted by atomic mass is 16.2. The van der Waals surface area contributed by atoms with Gasteiger partial charge in [0.15, 0.2) is 0 Å². The summed E-state index contributed by atoms with van der Waals surface area (Å²) in [6.07, 6.45) is 10.1. The number of piperidine rings is 1. The van der Waals surface area contributed by atoms with Gasteiger partial charge in [0.2, 0.25) is 5.91 Å². The molecule has 0 N–H and O–H groups in total. The molecule has 1 aliphatic heterocycles. The third kappa shape index (κ3) is 2.87. The average molecular weight is 311 g/mol. The Hall–Kier alpha value is -1.84. The number of amides is 1. The standard InChI is InChI=1S/C19H25N3O/c23-19(22-12-5-7-15-6-1-3-9-17(15)22)11-13-21-14-20-16-8-2-4-10-18(16)21/h2,4,8,10,14-15,17H,1,3,5-7,9,11-13H2. The fourth-order valence-corrected chi connectivity index (χ4v) is 4.48. The van der Waals surface area contributed by atoms with Crippen LogP contribution in [0.4, 0.5) is 0 Å². The molecule has 122 valence electrons.